The van der Waals surface area contributed by atoms with Crippen LogP contribution in [-0.4, -0.2) is 24.1 Å². The Labute approximate surface area is 160 Å². The van der Waals surface area contributed by atoms with Gasteiger partial charge in [0, 0.05) is 11.8 Å². The number of aromatic nitrogens is 2. The molecule has 0 saturated carbocycles. The Morgan fingerprint density at radius 2 is 1.82 bits per heavy atom. The number of aryl methyl sites for hydroxylation is 1. The zero-order valence-electron chi connectivity index (χ0n) is 14.8. The molecule has 2 aromatic carbocycles. The third-order valence-electron chi connectivity index (χ3n) is 3.85. The second-order valence-electron chi connectivity index (χ2n) is 6.04. The molecule has 0 fully saturated rings. The lowest BCUT2D eigenvalue weighted by atomic mass is 10.2. The van der Waals surface area contributed by atoms with Gasteiger partial charge in [-0.25, -0.2) is 17.5 Å². The fourth-order valence-corrected chi connectivity index (χ4v) is 3.64. The molecular formula is C19H16FN3O4S. The number of sulfone groups is 1. The molecule has 1 heterocycles. The second-order valence-corrected chi connectivity index (χ2v) is 7.94. The van der Waals surface area contributed by atoms with Gasteiger partial charge in [-0.1, -0.05) is 23.8 Å². The predicted molar refractivity (Wildman–Crippen MR) is 100 cm³/mol. The van der Waals surface area contributed by atoms with Gasteiger partial charge < -0.3 is 5.32 Å². The summed E-state index contributed by atoms with van der Waals surface area (Å²) in [6.07, 6.45) is 0. The van der Waals surface area contributed by atoms with E-state index in [0.29, 0.717) is 5.69 Å². The van der Waals surface area contributed by atoms with Crippen LogP contribution in [0.1, 0.15) is 5.56 Å². The zero-order chi connectivity index (χ0) is 20.3. The average Bonchev–Trinajstić information content (AvgIpc) is 2.65. The molecule has 3 aromatic rings. The lowest BCUT2D eigenvalue weighted by Crippen LogP contribution is -2.30. The number of anilines is 1. The maximum atomic E-state index is 13.4. The normalized spacial score (nSPS) is 11.2. The van der Waals surface area contributed by atoms with Gasteiger partial charge in [0.05, 0.1) is 4.90 Å². The van der Waals surface area contributed by atoms with Crippen LogP contribution in [0.4, 0.5) is 10.1 Å². The third-order valence-corrected chi connectivity index (χ3v) is 5.50. The van der Waals surface area contributed by atoms with Crippen molar-refractivity contribution in [2.24, 2.45) is 0 Å². The van der Waals surface area contributed by atoms with Crippen molar-refractivity contribution in [3.05, 3.63) is 82.4 Å². The van der Waals surface area contributed by atoms with E-state index >= 15 is 0 Å². The molecule has 0 aliphatic carbocycles. The SMILES string of the molecule is Cc1ccc(NC(=O)Cn2nc(S(=O)(=O)c3cccc(F)c3)ccc2=O)cc1. The third kappa shape index (κ3) is 4.32. The Balaban J connectivity index is 1.86. The molecule has 0 aliphatic rings. The summed E-state index contributed by atoms with van der Waals surface area (Å²) in [7, 11) is -4.14. The van der Waals surface area contributed by atoms with Gasteiger partial charge in [0.25, 0.3) is 5.56 Å². The largest absolute Gasteiger partial charge is 0.324 e. The van der Waals surface area contributed by atoms with Gasteiger partial charge in [-0.3, -0.25) is 9.59 Å². The van der Waals surface area contributed by atoms with Crippen LogP contribution in [0.15, 0.2) is 75.4 Å². The monoisotopic (exact) mass is 401 g/mol. The molecule has 1 N–H and O–H groups in total. The highest BCUT2D eigenvalue weighted by atomic mass is 32.2. The van der Waals surface area contributed by atoms with Crippen molar-refractivity contribution in [3.63, 3.8) is 0 Å². The highest BCUT2D eigenvalue weighted by molar-refractivity contribution is 7.91. The van der Waals surface area contributed by atoms with Crippen LogP contribution in [0.3, 0.4) is 0 Å². The number of carbonyl (C=O) groups excluding carboxylic acids is 1. The standard InChI is InChI=1S/C19H16FN3O4S/c1-13-5-7-15(8-6-13)21-17(24)12-23-19(25)10-9-18(22-23)28(26,27)16-4-2-3-14(20)11-16/h2-11H,12H2,1H3,(H,21,24). The lowest BCUT2D eigenvalue weighted by Gasteiger charge is -2.09. The highest BCUT2D eigenvalue weighted by Gasteiger charge is 2.21. The molecule has 3 rings (SSSR count). The quantitative estimate of drug-likeness (QED) is 0.707. The molecule has 0 spiro atoms. The first-order chi connectivity index (χ1) is 13.3. The van der Waals surface area contributed by atoms with Crippen LogP contribution >= 0.6 is 0 Å². The van der Waals surface area contributed by atoms with E-state index in [1.165, 1.54) is 12.1 Å². The van der Waals surface area contributed by atoms with E-state index in [9.17, 15) is 22.4 Å². The topological polar surface area (TPSA) is 98.1 Å². The van der Waals surface area contributed by atoms with Crippen molar-refractivity contribution in [1.82, 2.24) is 9.78 Å². The van der Waals surface area contributed by atoms with Crippen molar-refractivity contribution in [1.29, 1.82) is 0 Å². The summed E-state index contributed by atoms with van der Waals surface area (Å²) in [4.78, 5) is 23.9. The van der Waals surface area contributed by atoms with Gasteiger partial charge in [-0.05, 0) is 43.3 Å². The maximum Gasteiger partial charge on any atom is 0.267 e. The Hall–Kier alpha value is -3.33. The van der Waals surface area contributed by atoms with E-state index in [4.69, 9.17) is 0 Å². The van der Waals surface area contributed by atoms with E-state index in [1.807, 2.05) is 19.1 Å². The Morgan fingerprint density at radius 1 is 1.11 bits per heavy atom. The first-order valence-electron chi connectivity index (χ1n) is 8.21. The van der Waals surface area contributed by atoms with Gasteiger partial charge in [0.2, 0.25) is 15.7 Å². The number of hydrogen-bond acceptors (Lipinski definition) is 5. The van der Waals surface area contributed by atoms with Crippen molar-refractivity contribution < 1.29 is 17.6 Å². The first-order valence-corrected chi connectivity index (χ1v) is 9.69. The second kappa shape index (κ2) is 7.73. The van der Waals surface area contributed by atoms with Gasteiger partial charge in [-0.15, -0.1) is 0 Å². The number of halogens is 1. The molecule has 1 aromatic heterocycles. The van der Waals surface area contributed by atoms with Crippen LogP contribution in [-0.2, 0) is 21.2 Å². The molecule has 0 bridgehead atoms. The van der Waals surface area contributed by atoms with Crippen LogP contribution in [0.2, 0.25) is 0 Å². The van der Waals surface area contributed by atoms with Gasteiger partial charge in [0.15, 0.2) is 5.03 Å². The van der Waals surface area contributed by atoms with E-state index in [-0.39, 0.29) is 4.90 Å². The number of benzene rings is 2. The highest BCUT2D eigenvalue weighted by Crippen LogP contribution is 2.18. The van der Waals surface area contributed by atoms with E-state index < -0.39 is 38.7 Å². The summed E-state index contributed by atoms with van der Waals surface area (Å²) in [6.45, 7) is 1.43. The Morgan fingerprint density at radius 3 is 2.50 bits per heavy atom. The molecule has 0 saturated heterocycles. The number of rotatable bonds is 5. The van der Waals surface area contributed by atoms with Gasteiger partial charge in [-0.2, -0.15) is 5.10 Å². The van der Waals surface area contributed by atoms with Crippen LogP contribution < -0.4 is 10.9 Å². The molecule has 0 aliphatic heterocycles. The van der Waals surface area contributed by atoms with Crippen molar-refractivity contribution in [2.45, 2.75) is 23.4 Å². The molecule has 0 atom stereocenters. The summed E-state index contributed by atoms with van der Waals surface area (Å²) >= 11 is 0. The maximum absolute atomic E-state index is 13.4. The summed E-state index contributed by atoms with van der Waals surface area (Å²) in [6, 6.07) is 13.5. The minimum atomic E-state index is -4.14. The molecule has 0 radical (unpaired) electrons. The zero-order valence-corrected chi connectivity index (χ0v) is 15.6. The summed E-state index contributed by atoms with van der Waals surface area (Å²) < 4.78 is 39.3. The van der Waals surface area contributed by atoms with Crippen molar-refractivity contribution in [2.75, 3.05) is 5.32 Å². The molecule has 7 nitrogen and oxygen atoms in total. The fourth-order valence-electron chi connectivity index (χ4n) is 2.42. The molecule has 0 unspecified atom stereocenters. The van der Waals surface area contributed by atoms with Crippen LogP contribution in [0.25, 0.3) is 0 Å². The summed E-state index contributed by atoms with van der Waals surface area (Å²) in [5, 5.41) is 5.93. The van der Waals surface area contributed by atoms with E-state index in [0.717, 1.165) is 34.5 Å². The van der Waals surface area contributed by atoms with Crippen LogP contribution in [0, 0.1) is 12.7 Å². The number of nitrogens with zero attached hydrogens (tertiary/aromatic N) is 2. The lowest BCUT2D eigenvalue weighted by molar-refractivity contribution is -0.117. The summed E-state index contributed by atoms with van der Waals surface area (Å²) in [5.74, 6) is -1.26. The number of carbonyl (C=O) groups is 1. The first kappa shape index (κ1) is 19.4. The minimum Gasteiger partial charge on any atom is -0.324 e. The predicted octanol–water partition coefficient (Wildman–Crippen LogP) is 2.16. The molecule has 9 heteroatoms. The molecule has 1 amide bonds. The number of nitrogens with one attached hydrogen (secondary N) is 1. The number of amides is 1. The minimum absolute atomic E-state index is 0.297. The fraction of sp³-hybridized carbons (Fsp3) is 0.105. The Bertz CT molecular complexity index is 1190. The summed E-state index contributed by atoms with van der Waals surface area (Å²) in [5.41, 5.74) is 0.913. The van der Waals surface area contributed by atoms with Gasteiger partial charge >= 0.3 is 0 Å². The molecule has 28 heavy (non-hydrogen) atoms. The Kier molecular flexibility index (Phi) is 5.36. The number of hydrogen-bond donors (Lipinski definition) is 1. The smallest absolute Gasteiger partial charge is 0.267 e. The molecule has 144 valence electrons. The van der Waals surface area contributed by atoms with Crippen molar-refractivity contribution >= 4 is 21.4 Å². The van der Waals surface area contributed by atoms with Crippen LogP contribution in [0.5, 0.6) is 0 Å². The van der Waals surface area contributed by atoms with Crippen molar-refractivity contribution in [3.8, 4) is 0 Å². The van der Waals surface area contributed by atoms with Gasteiger partial charge in [0.1, 0.15) is 12.4 Å². The average molecular weight is 401 g/mol. The molecular weight excluding hydrogens is 385 g/mol. The van der Waals surface area contributed by atoms with E-state index in [1.54, 1.807) is 12.1 Å². The van der Waals surface area contributed by atoms with E-state index in [2.05, 4.69) is 10.4 Å².